The number of amides is 1. The van der Waals surface area contributed by atoms with E-state index in [-0.39, 0.29) is 23.8 Å². The van der Waals surface area contributed by atoms with E-state index >= 15 is 0 Å². The third-order valence-corrected chi connectivity index (χ3v) is 7.54. The summed E-state index contributed by atoms with van der Waals surface area (Å²) in [7, 11) is 1.66. The van der Waals surface area contributed by atoms with Crippen LogP contribution in [-0.2, 0) is 23.0 Å². The van der Waals surface area contributed by atoms with Crippen molar-refractivity contribution < 1.29 is 18.7 Å². The van der Waals surface area contributed by atoms with Gasteiger partial charge in [0.2, 0.25) is 3.79 Å². The number of alkyl halides is 3. The average molecular weight is 526 g/mol. The molecular formula is C25H24Cl3FN2O3. The maximum atomic E-state index is 13.9. The number of rotatable bonds is 3. The SMILES string of the molecule is COc1cccc(C23CCN(C(=O)OCC(Cl)(Cl)Cl)CC2Cc2c([nH]c4cc(F)ccc24)C3)c1. The van der Waals surface area contributed by atoms with Crippen LogP contribution < -0.4 is 4.74 Å². The molecular weight excluding hydrogens is 502 g/mol. The number of piperidine rings is 1. The molecule has 2 unspecified atom stereocenters. The average Bonchev–Trinajstić information content (AvgIpc) is 3.15. The number of carbonyl (C=O) groups is 1. The lowest BCUT2D eigenvalue weighted by atomic mass is 9.59. The molecule has 9 heteroatoms. The summed E-state index contributed by atoms with van der Waals surface area (Å²) in [5, 5.41) is 1.02. The molecule has 2 heterocycles. The monoisotopic (exact) mass is 524 g/mol. The number of H-pyrrole nitrogens is 1. The van der Waals surface area contributed by atoms with Crippen molar-refractivity contribution in [1.29, 1.82) is 0 Å². The Morgan fingerprint density at radius 2 is 2.09 bits per heavy atom. The number of benzene rings is 2. The predicted octanol–water partition coefficient (Wildman–Crippen LogP) is 6.18. The summed E-state index contributed by atoms with van der Waals surface area (Å²) in [6.45, 7) is 0.705. The van der Waals surface area contributed by atoms with Crippen LogP contribution in [0.25, 0.3) is 10.9 Å². The summed E-state index contributed by atoms with van der Waals surface area (Å²) in [5.74, 6) is 0.638. The van der Waals surface area contributed by atoms with Crippen molar-refractivity contribution in [2.75, 3.05) is 26.8 Å². The number of nitrogens with zero attached hydrogens (tertiary/aromatic N) is 1. The molecule has 0 saturated carbocycles. The van der Waals surface area contributed by atoms with E-state index in [1.807, 2.05) is 18.2 Å². The van der Waals surface area contributed by atoms with Crippen molar-refractivity contribution in [2.24, 2.45) is 5.92 Å². The van der Waals surface area contributed by atoms with Gasteiger partial charge in [-0.2, -0.15) is 0 Å². The maximum Gasteiger partial charge on any atom is 0.409 e. The van der Waals surface area contributed by atoms with Gasteiger partial charge in [-0.1, -0.05) is 46.9 Å². The van der Waals surface area contributed by atoms with Gasteiger partial charge in [0.1, 0.15) is 18.2 Å². The Balaban J connectivity index is 1.52. The number of likely N-dealkylation sites (tertiary alicyclic amines) is 1. The maximum absolute atomic E-state index is 13.9. The Morgan fingerprint density at radius 3 is 2.85 bits per heavy atom. The largest absolute Gasteiger partial charge is 0.497 e. The van der Waals surface area contributed by atoms with E-state index in [1.54, 1.807) is 12.0 Å². The molecule has 2 aliphatic rings. The highest BCUT2D eigenvalue weighted by atomic mass is 35.6. The molecule has 5 rings (SSSR count). The van der Waals surface area contributed by atoms with Crippen molar-refractivity contribution in [1.82, 2.24) is 9.88 Å². The van der Waals surface area contributed by atoms with Gasteiger partial charge in [-0.05, 0) is 66.6 Å². The molecule has 2 aromatic carbocycles. The van der Waals surface area contributed by atoms with Crippen molar-refractivity contribution in [3.05, 3.63) is 65.1 Å². The van der Waals surface area contributed by atoms with Crippen LogP contribution in [0.4, 0.5) is 9.18 Å². The fourth-order valence-corrected chi connectivity index (χ4v) is 5.77. The molecule has 0 radical (unpaired) electrons. The van der Waals surface area contributed by atoms with Crippen LogP contribution in [0.15, 0.2) is 42.5 Å². The molecule has 0 spiro atoms. The van der Waals surface area contributed by atoms with Gasteiger partial charge in [-0.3, -0.25) is 0 Å². The number of methoxy groups -OCH3 is 1. The highest BCUT2D eigenvalue weighted by Gasteiger charge is 2.49. The first kappa shape index (κ1) is 23.6. The zero-order valence-corrected chi connectivity index (χ0v) is 20.8. The topological polar surface area (TPSA) is 54.6 Å². The zero-order valence-electron chi connectivity index (χ0n) is 18.5. The first-order chi connectivity index (χ1) is 16.2. The van der Waals surface area contributed by atoms with Crippen LogP contribution in [0.5, 0.6) is 5.75 Å². The van der Waals surface area contributed by atoms with Crippen LogP contribution in [0.2, 0.25) is 0 Å². The number of nitrogens with one attached hydrogen (secondary N) is 1. The highest BCUT2D eigenvalue weighted by Crippen LogP contribution is 2.49. The minimum atomic E-state index is -1.66. The van der Waals surface area contributed by atoms with Gasteiger partial charge in [0.25, 0.3) is 0 Å². The standard InChI is InChI=1S/C25H24Cl3FN2O3/c1-33-18-4-2-3-15(9-18)24-7-8-31(23(32)34-14-25(26,27)28)13-16(24)10-20-19-6-5-17(29)11-21(19)30-22(20)12-24/h2-6,9,11,16,30H,7-8,10,12-14H2,1H3. The Hall–Kier alpha value is -2.15. The number of ether oxygens (including phenoxy) is 2. The third kappa shape index (κ3) is 4.32. The minimum Gasteiger partial charge on any atom is -0.497 e. The van der Waals surface area contributed by atoms with E-state index in [4.69, 9.17) is 44.3 Å². The molecule has 2 atom stereocenters. The smallest absolute Gasteiger partial charge is 0.409 e. The predicted molar refractivity (Wildman–Crippen MR) is 132 cm³/mol. The van der Waals surface area contributed by atoms with Crippen LogP contribution in [0.1, 0.15) is 23.2 Å². The van der Waals surface area contributed by atoms with Gasteiger partial charge >= 0.3 is 6.09 Å². The minimum absolute atomic E-state index is 0.116. The first-order valence-corrected chi connectivity index (χ1v) is 12.2. The van der Waals surface area contributed by atoms with E-state index in [0.717, 1.165) is 41.6 Å². The molecule has 1 amide bonds. The Morgan fingerprint density at radius 1 is 1.26 bits per heavy atom. The van der Waals surface area contributed by atoms with E-state index in [9.17, 15) is 9.18 Å². The van der Waals surface area contributed by atoms with Gasteiger partial charge in [0.15, 0.2) is 0 Å². The number of halogens is 4. The van der Waals surface area contributed by atoms with Gasteiger partial charge in [0, 0.05) is 35.1 Å². The fraction of sp³-hybridized carbons (Fsp3) is 0.400. The molecule has 1 fully saturated rings. The van der Waals surface area contributed by atoms with Gasteiger partial charge in [-0.25, -0.2) is 9.18 Å². The second-order valence-electron chi connectivity index (χ2n) is 9.10. The normalized spacial score (nSPS) is 22.3. The van der Waals surface area contributed by atoms with E-state index < -0.39 is 9.89 Å². The number of hydrogen-bond acceptors (Lipinski definition) is 3. The zero-order chi connectivity index (χ0) is 24.1. The number of fused-ring (bicyclic) bond motifs is 4. The van der Waals surface area contributed by atoms with Gasteiger partial charge < -0.3 is 19.4 Å². The second kappa shape index (κ2) is 8.81. The van der Waals surface area contributed by atoms with Crippen LogP contribution in [0, 0.1) is 11.7 Å². The summed E-state index contributed by atoms with van der Waals surface area (Å²) in [4.78, 5) is 17.9. The molecule has 1 aliphatic heterocycles. The Bertz CT molecular complexity index is 1240. The second-order valence-corrected chi connectivity index (χ2v) is 11.6. The molecule has 34 heavy (non-hydrogen) atoms. The lowest BCUT2D eigenvalue weighted by Crippen LogP contribution is -2.55. The molecule has 1 N–H and O–H groups in total. The quantitative estimate of drug-likeness (QED) is 0.415. The van der Waals surface area contributed by atoms with Crippen LogP contribution >= 0.6 is 34.8 Å². The first-order valence-electron chi connectivity index (χ1n) is 11.1. The summed E-state index contributed by atoms with van der Waals surface area (Å²) >= 11 is 17.3. The molecule has 1 saturated heterocycles. The Kier molecular flexibility index (Phi) is 6.11. The Labute approximate surface area is 212 Å². The third-order valence-electron chi connectivity index (χ3n) is 7.21. The van der Waals surface area contributed by atoms with Crippen molar-refractivity contribution >= 4 is 51.8 Å². The van der Waals surface area contributed by atoms with E-state index in [2.05, 4.69) is 17.1 Å². The fourth-order valence-electron chi connectivity index (χ4n) is 5.61. The molecule has 5 nitrogen and oxygen atoms in total. The highest BCUT2D eigenvalue weighted by molar-refractivity contribution is 6.67. The lowest BCUT2D eigenvalue weighted by molar-refractivity contribution is 0.0539. The van der Waals surface area contributed by atoms with Crippen LogP contribution in [-0.4, -0.2) is 46.6 Å². The summed E-state index contributed by atoms with van der Waals surface area (Å²) in [6, 6.07) is 13.0. The molecule has 1 aliphatic carbocycles. The number of aromatic amines is 1. The van der Waals surface area contributed by atoms with Crippen molar-refractivity contribution in [3.63, 3.8) is 0 Å². The van der Waals surface area contributed by atoms with Gasteiger partial charge in [-0.15, -0.1) is 0 Å². The van der Waals surface area contributed by atoms with Crippen LogP contribution in [0.3, 0.4) is 0 Å². The van der Waals surface area contributed by atoms with E-state index in [0.29, 0.717) is 13.1 Å². The summed E-state index contributed by atoms with van der Waals surface area (Å²) < 4.78 is 23.0. The molecule has 0 bridgehead atoms. The molecule has 1 aromatic heterocycles. The van der Waals surface area contributed by atoms with Crippen molar-refractivity contribution in [3.8, 4) is 5.75 Å². The molecule has 180 valence electrons. The van der Waals surface area contributed by atoms with Gasteiger partial charge in [0.05, 0.1) is 7.11 Å². The number of aromatic nitrogens is 1. The van der Waals surface area contributed by atoms with Crippen molar-refractivity contribution in [2.45, 2.75) is 28.5 Å². The summed E-state index contributed by atoms with van der Waals surface area (Å²) in [6.07, 6.45) is 1.74. The number of hydrogen-bond donors (Lipinski definition) is 1. The van der Waals surface area contributed by atoms with E-state index in [1.165, 1.54) is 23.3 Å². The number of carbonyl (C=O) groups excluding carboxylic acids is 1. The molecule has 3 aromatic rings. The lowest BCUT2D eigenvalue weighted by Gasteiger charge is -2.50. The summed E-state index contributed by atoms with van der Waals surface area (Å²) in [5.41, 5.74) is 4.04.